The van der Waals surface area contributed by atoms with E-state index in [9.17, 15) is 0 Å². The van der Waals surface area contributed by atoms with Gasteiger partial charge in [0.1, 0.15) is 11.0 Å². The smallest absolute Gasteiger partial charge is 0.146 e. The van der Waals surface area contributed by atoms with Crippen molar-refractivity contribution < 1.29 is 3.89 Å². The highest BCUT2D eigenvalue weighted by molar-refractivity contribution is 8.74. The molecule has 0 saturated carbocycles. The highest BCUT2D eigenvalue weighted by Gasteiger charge is 2.21. The summed E-state index contributed by atoms with van der Waals surface area (Å²) in [5.41, 5.74) is 0. The second kappa shape index (κ2) is 5.33. The quantitative estimate of drug-likeness (QED) is 0.362. The molecule has 0 aromatic heterocycles. The molecule has 0 N–H and O–H groups in total. The van der Waals surface area contributed by atoms with Crippen molar-refractivity contribution in [2.45, 2.75) is 20.8 Å². The predicted octanol–water partition coefficient (Wildman–Crippen LogP) is 2.79. The van der Waals surface area contributed by atoms with E-state index in [-0.39, 0.29) is 0 Å². The molecule has 10 heavy (non-hydrogen) atoms. The Kier molecular flexibility index (Phi) is 5.68. The molecule has 0 bridgehead atoms. The van der Waals surface area contributed by atoms with Crippen LogP contribution >= 0.6 is 21.8 Å². The first kappa shape index (κ1) is 10.7. The fourth-order valence-electron chi connectivity index (χ4n) is 0.987. The summed E-state index contributed by atoms with van der Waals surface area (Å²) in [6.07, 6.45) is 2.15. The maximum absolute atomic E-state index is 2.26. The third kappa shape index (κ3) is 2.72. The molecule has 0 aromatic rings. The third-order valence-electron chi connectivity index (χ3n) is 1.96. The maximum Gasteiger partial charge on any atom is 0.146 e. The molecule has 1 nitrogen and oxygen atoms in total. The fourth-order valence-corrected chi connectivity index (χ4v) is 3.52. The summed E-state index contributed by atoms with van der Waals surface area (Å²) in [6, 6.07) is 0. The summed E-state index contributed by atoms with van der Waals surface area (Å²) >= 11 is 0. The number of quaternary nitrogens is 1. The van der Waals surface area contributed by atoms with Crippen LogP contribution < -0.4 is 0 Å². The Morgan fingerprint density at radius 1 is 1.00 bits per heavy atom. The third-order valence-corrected chi connectivity index (χ3v) is 4.60. The van der Waals surface area contributed by atoms with Crippen LogP contribution in [0, 0.1) is 0 Å². The van der Waals surface area contributed by atoms with Gasteiger partial charge in [-0.2, -0.15) is 0 Å². The van der Waals surface area contributed by atoms with Gasteiger partial charge in [0.25, 0.3) is 0 Å². The van der Waals surface area contributed by atoms with Gasteiger partial charge in [0.2, 0.25) is 0 Å². The molecule has 0 fully saturated rings. The van der Waals surface area contributed by atoms with E-state index in [0.717, 1.165) is 0 Å². The van der Waals surface area contributed by atoms with E-state index in [4.69, 9.17) is 0 Å². The lowest BCUT2D eigenvalue weighted by atomic mass is 10.5. The van der Waals surface area contributed by atoms with Crippen molar-refractivity contribution in [2.24, 2.45) is 0 Å². The van der Waals surface area contributed by atoms with Crippen molar-refractivity contribution in [3.63, 3.8) is 0 Å². The van der Waals surface area contributed by atoms with Crippen molar-refractivity contribution >= 4 is 21.8 Å². The molecule has 0 rings (SSSR count). The highest BCUT2D eigenvalue weighted by atomic mass is 33.1. The topological polar surface area (TPSA) is 0 Å². The van der Waals surface area contributed by atoms with Crippen LogP contribution in [0.4, 0.5) is 0 Å². The summed E-state index contributed by atoms with van der Waals surface area (Å²) in [5.74, 6) is 0. The van der Waals surface area contributed by atoms with Gasteiger partial charge in [-0.1, -0.05) is 0 Å². The SMILES string of the molecule is CC[N+](CC)(CC)SSC. The van der Waals surface area contributed by atoms with E-state index >= 15 is 0 Å². The van der Waals surface area contributed by atoms with E-state index in [2.05, 4.69) is 27.0 Å². The Balaban J connectivity index is 3.87. The number of nitrogens with zero attached hydrogens (tertiary/aromatic N) is 1. The Bertz CT molecular complexity index is 73.4. The molecule has 0 heterocycles. The molecule has 0 aliphatic rings. The summed E-state index contributed by atoms with van der Waals surface area (Å²) in [5, 5.41) is 0. The molecular weight excluding hydrogens is 162 g/mol. The molecule has 3 heteroatoms. The molecule has 0 aromatic carbocycles. The lowest BCUT2D eigenvalue weighted by molar-refractivity contribution is -0.787. The van der Waals surface area contributed by atoms with Gasteiger partial charge in [-0.15, -0.1) is 0 Å². The van der Waals surface area contributed by atoms with E-state index in [1.165, 1.54) is 23.5 Å². The largest absolute Gasteiger partial charge is 0.252 e. The van der Waals surface area contributed by atoms with Gasteiger partial charge in [0.05, 0.1) is 19.6 Å². The second-order valence-electron chi connectivity index (χ2n) is 2.25. The summed E-state index contributed by atoms with van der Waals surface area (Å²) < 4.78 is 1.18. The zero-order chi connectivity index (χ0) is 8.04. The molecule has 0 saturated heterocycles. The van der Waals surface area contributed by atoms with Gasteiger partial charge in [-0.3, -0.25) is 3.89 Å². The standard InChI is InChI=1S/C7H18NS2/c1-5-8(6-2,7-3)10-9-4/h5-7H2,1-4H3/q+1. The zero-order valence-corrected chi connectivity index (χ0v) is 9.02. The Morgan fingerprint density at radius 2 is 1.40 bits per heavy atom. The van der Waals surface area contributed by atoms with Crippen LogP contribution in [-0.2, 0) is 0 Å². The maximum atomic E-state index is 2.26. The Hall–Kier alpha value is 0.660. The molecule has 0 aliphatic carbocycles. The summed E-state index contributed by atoms with van der Waals surface area (Å²) in [4.78, 5) is 0. The van der Waals surface area contributed by atoms with E-state index < -0.39 is 0 Å². The molecule has 0 radical (unpaired) electrons. The van der Waals surface area contributed by atoms with Crippen molar-refractivity contribution in [3.05, 3.63) is 0 Å². The number of hydrogen-bond acceptors (Lipinski definition) is 2. The van der Waals surface area contributed by atoms with Crippen molar-refractivity contribution in [1.82, 2.24) is 0 Å². The van der Waals surface area contributed by atoms with Crippen molar-refractivity contribution in [1.29, 1.82) is 0 Å². The first-order chi connectivity index (χ1) is 4.74. The monoisotopic (exact) mass is 180 g/mol. The summed E-state index contributed by atoms with van der Waals surface area (Å²) in [7, 11) is 3.85. The zero-order valence-electron chi connectivity index (χ0n) is 7.39. The fraction of sp³-hybridized carbons (Fsp3) is 1.00. The molecule has 0 aliphatic heterocycles. The van der Waals surface area contributed by atoms with Crippen LogP contribution in [0.5, 0.6) is 0 Å². The van der Waals surface area contributed by atoms with Crippen LogP contribution in [0.1, 0.15) is 20.8 Å². The average Bonchev–Trinajstić information content (AvgIpc) is 2.01. The van der Waals surface area contributed by atoms with Gasteiger partial charge in [-0.25, -0.2) is 0 Å². The first-order valence-corrected chi connectivity index (χ1v) is 6.34. The Labute approximate surface area is 72.7 Å². The molecule has 0 spiro atoms. The molecule has 0 atom stereocenters. The van der Waals surface area contributed by atoms with Gasteiger partial charge in [0.15, 0.2) is 0 Å². The highest BCUT2D eigenvalue weighted by Crippen LogP contribution is 2.31. The molecule has 0 amide bonds. The normalized spacial score (nSPS) is 12.0. The lowest BCUT2D eigenvalue weighted by Crippen LogP contribution is -2.39. The van der Waals surface area contributed by atoms with Gasteiger partial charge < -0.3 is 0 Å². The second-order valence-corrected chi connectivity index (χ2v) is 4.95. The number of hydrogen-bond donors (Lipinski definition) is 0. The van der Waals surface area contributed by atoms with Crippen LogP contribution in [0.3, 0.4) is 0 Å². The van der Waals surface area contributed by atoms with Gasteiger partial charge >= 0.3 is 0 Å². The van der Waals surface area contributed by atoms with E-state index in [1.807, 2.05) is 21.8 Å². The van der Waals surface area contributed by atoms with E-state index in [0.29, 0.717) is 0 Å². The van der Waals surface area contributed by atoms with Crippen LogP contribution in [0.25, 0.3) is 0 Å². The first-order valence-electron chi connectivity index (χ1n) is 3.83. The Morgan fingerprint density at radius 3 is 1.50 bits per heavy atom. The average molecular weight is 180 g/mol. The van der Waals surface area contributed by atoms with Gasteiger partial charge in [-0.05, 0) is 37.8 Å². The predicted molar refractivity (Wildman–Crippen MR) is 53.0 cm³/mol. The van der Waals surface area contributed by atoms with Crippen molar-refractivity contribution in [3.8, 4) is 0 Å². The van der Waals surface area contributed by atoms with Gasteiger partial charge in [0, 0.05) is 0 Å². The lowest BCUT2D eigenvalue weighted by Gasteiger charge is -2.31. The van der Waals surface area contributed by atoms with Crippen LogP contribution in [-0.4, -0.2) is 29.8 Å². The van der Waals surface area contributed by atoms with Crippen LogP contribution in [0.15, 0.2) is 0 Å². The van der Waals surface area contributed by atoms with Crippen LogP contribution in [0.2, 0.25) is 0 Å². The minimum absolute atomic E-state index is 1.18. The van der Waals surface area contributed by atoms with E-state index in [1.54, 1.807) is 0 Å². The molecule has 62 valence electrons. The molecular formula is C7H18NS2+. The molecule has 0 unspecified atom stereocenters. The number of rotatable bonds is 5. The minimum atomic E-state index is 1.18. The van der Waals surface area contributed by atoms with Crippen molar-refractivity contribution in [2.75, 3.05) is 25.9 Å². The summed E-state index contributed by atoms with van der Waals surface area (Å²) in [6.45, 7) is 10.5. The minimum Gasteiger partial charge on any atom is -0.252 e.